The average Bonchev–Trinajstić information content (AvgIpc) is 2.98. The summed E-state index contributed by atoms with van der Waals surface area (Å²) in [7, 11) is 1.88. The van der Waals surface area contributed by atoms with Crippen LogP contribution in [0.4, 0.5) is 11.6 Å². The lowest BCUT2D eigenvalue weighted by atomic mass is 10.2. The summed E-state index contributed by atoms with van der Waals surface area (Å²) in [6.45, 7) is 0. The van der Waals surface area contributed by atoms with Gasteiger partial charge in [0.25, 0.3) is 0 Å². The summed E-state index contributed by atoms with van der Waals surface area (Å²) in [5.41, 5.74) is 0.890. The molecule has 5 nitrogen and oxygen atoms in total. The van der Waals surface area contributed by atoms with E-state index in [-0.39, 0.29) is 0 Å². The van der Waals surface area contributed by atoms with E-state index in [1.807, 2.05) is 35.6 Å². The maximum Gasteiger partial charge on any atom is 0.180 e. The first-order chi connectivity index (χ1) is 8.36. The van der Waals surface area contributed by atoms with Crippen LogP contribution in [0.1, 0.15) is 6.42 Å². The van der Waals surface area contributed by atoms with Crippen molar-refractivity contribution in [2.24, 2.45) is 0 Å². The van der Waals surface area contributed by atoms with Gasteiger partial charge >= 0.3 is 0 Å². The molecule has 0 bridgehead atoms. The molecule has 1 atom stereocenters. The minimum Gasteiger partial charge on any atom is -0.372 e. The van der Waals surface area contributed by atoms with E-state index in [2.05, 4.69) is 20.6 Å². The maximum absolute atomic E-state index is 4.54. The number of nitrogens with one attached hydrogen (secondary N) is 2. The van der Waals surface area contributed by atoms with Gasteiger partial charge in [-0.3, -0.25) is 0 Å². The molecule has 0 spiro atoms. The fourth-order valence-electron chi connectivity index (χ4n) is 1.99. The van der Waals surface area contributed by atoms with Crippen LogP contribution in [0.15, 0.2) is 18.6 Å². The molecular weight excluding hydrogens is 234 g/mol. The number of fused-ring (bicyclic) bond motifs is 1. The number of hydrogen-bond donors (Lipinski definition) is 2. The van der Waals surface area contributed by atoms with Gasteiger partial charge in [-0.15, -0.1) is 0 Å². The Kier molecular flexibility index (Phi) is 2.80. The topological polar surface area (TPSA) is 54.2 Å². The van der Waals surface area contributed by atoms with E-state index >= 15 is 0 Å². The molecule has 1 aliphatic rings. The van der Waals surface area contributed by atoms with Crippen LogP contribution in [0.5, 0.6) is 0 Å². The quantitative estimate of drug-likeness (QED) is 0.867. The highest BCUT2D eigenvalue weighted by molar-refractivity contribution is 7.99. The number of anilines is 2. The smallest absolute Gasteiger partial charge is 0.180 e. The standard InChI is InChI=1S/C11H15N5S/c1-12-9-6-16-4-3-13-11(16)10(15-9)14-8-2-5-17-7-8/h3-4,6,8,12H,2,5,7H2,1H3,(H,14,15). The minimum absolute atomic E-state index is 0.514. The zero-order chi connectivity index (χ0) is 11.7. The highest BCUT2D eigenvalue weighted by Gasteiger charge is 2.17. The van der Waals surface area contributed by atoms with Gasteiger partial charge in [-0.25, -0.2) is 9.97 Å². The van der Waals surface area contributed by atoms with E-state index in [1.165, 1.54) is 12.2 Å². The summed E-state index contributed by atoms with van der Waals surface area (Å²) in [5.74, 6) is 4.10. The molecule has 6 heteroatoms. The van der Waals surface area contributed by atoms with Crippen molar-refractivity contribution in [1.29, 1.82) is 0 Å². The molecule has 17 heavy (non-hydrogen) atoms. The molecule has 0 amide bonds. The fourth-order valence-corrected chi connectivity index (χ4v) is 3.14. The van der Waals surface area contributed by atoms with Crippen LogP contribution in [-0.2, 0) is 0 Å². The molecule has 3 rings (SSSR count). The van der Waals surface area contributed by atoms with Crippen LogP contribution in [0.3, 0.4) is 0 Å². The van der Waals surface area contributed by atoms with E-state index in [0.717, 1.165) is 23.0 Å². The normalized spacial score (nSPS) is 19.7. The number of rotatable bonds is 3. The summed E-state index contributed by atoms with van der Waals surface area (Å²) in [6.07, 6.45) is 6.87. The largest absolute Gasteiger partial charge is 0.372 e. The number of thioether (sulfide) groups is 1. The number of aromatic nitrogens is 3. The van der Waals surface area contributed by atoms with Crippen molar-refractivity contribution in [3.63, 3.8) is 0 Å². The molecule has 0 aromatic carbocycles. The van der Waals surface area contributed by atoms with E-state index in [9.17, 15) is 0 Å². The van der Waals surface area contributed by atoms with Crippen molar-refractivity contribution in [2.75, 3.05) is 29.2 Å². The third kappa shape index (κ3) is 2.04. The van der Waals surface area contributed by atoms with Gasteiger partial charge in [-0.05, 0) is 12.2 Å². The fraction of sp³-hybridized carbons (Fsp3) is 0.455. The Morgan fingerprint density at radius 1 is 1.53 bits per heavy atom. The van der Waals surface area contributed by atoms with Gasteiger partial charge < -0.3 is 15.0 Å². The Morgan fingerprint density at radius 3 is 3.24 bits per heavy atom. The molecule has 1 saturated heterocycles. The molecule has 0 radical (unpaired) electrons. The SMILES string of the molecule is CNc1cn2ccnc2c(NC2CCSC2)n1. The Bertz CT molecular complexity index is 518. The number of nitrogens with zero attached hydrogens (tertiary/aromatic N) is 3. The number of hydrogen-bond acceptors (Lipinski definition) is 5. The van der Waals surface area contributed by atoms with Gasteiger partial charge in [-0.2, -0.15) is 11.8 Å². The first kappa shape index (κ1) is 10.7. The molecule has 1 unspecified atom stereocenters. The van der Waals surface area contributed by atoms with Crippen LogP contribution < -0.4 is 10.6 Å². The second kappa shape index (κ2) is 4.44. The Hall–Kier alpha value is -1.43. The van der Waals surface area contributed by atoms with Gasteiger partial charge in [0.15, 0.2) is 11.5 Å². The molecule has 2 aromatic rings. The molecule has 0 aliphatic carbocycles. The molecule has 2 aromatic heterocycles. The zero-order valence-corrected chi connectivity index (χ0v) is 10.5. The summed E-state index contributed by atoms with van der Waals surface area (Å²) in [5, 5.41) is 6.56. The summed E-state index contributed by atoms with van der Waals surface area (Å²) in [4.78, 5) is 8.88. The van der Waals surface area contributed by atoms with Gasteiger partial charge in [0.2, 0.25) is 0 Å². The third-order valence-electron chi connectivity index (χ3n) is 2.90. The molecule has 90 valence electrons. The predicted molar refractivity (Wildman–Crippen MR) is 71.9 cm³/mol. The minimum atomic E-state index is 0.514. The van der Waals surface area contributed by atoms with Crippen LogP contribution in [0.2, 0.25) is 0 Å². The zero-order valence-electron chi connectivity index (χ0n) is 9.68. The Labute approximate surface area is 104 Å². The van der Waals surface area contributed by atoms with Crippen molar-refractivity contribution in [1.82, 2.24) is 14.4 Å². The second-order valence-electron chi connectivity index (χ2n) is 4.09. The molecule has 1 fully saturated rings. The second-order valence-corrected chi connectivity index (χ2v) is 5.24. The van der Waals surface area contributed by atoms with Crippen molar-refractivity contribution >= 4 is 29.0 Å². The van der Waals surface area contributed by atoms with Gasteiger partial charge in [-0.1, -0.05) is 0 Å². The van der Waals surface area contributed by atoms with Crippen molar-refractivity contribution in [2.45, 2.75) is 12.5 Å². The molecule has 1 aliphatic heterocycles. The first-order valence-electron chi connectivity index (χ1n) is 5.72. The molecule has 0 saturated carbocycles. The third-order valence-corrected chi connectivity index (χ3v) is 4.06. The monoisotopic (exact) mass is 249 g/mol. The van der Waals surface area contributed by atoms with Crippen LogP contribution in [0, 0.1) is 0 Å². The van der Waals surface area contributed by atoms with Gasteiger partial charge in [0.05, 0.1) is 6.20 Å². The maximum atomic E-state index is 4.54. The van der Waals surface area contributed by atoms with E-state index in [0.29, 0.717) is 6.04 Å². The van der Waals surface area contributed by atoms with Crippen molar-refractivity contribution in [3.05, 3.63) is 18.6 Å². The van der Waals surface area contributed by atoms with Crippen LogP contribution >= 0.6 is 11.8 Å². The lowest BCUT2D eigenvalue weighted by molar-refractivity contribution is 0.806. The Balaban J connectivity index is 1.97. The van der Waals surface area contributed by atoms with Crippen LogP contribution in [0.25, 0.3) is 5.65 Å². The average molecular weight is 249 g/mol. The summed E-state index contributed by atoms with van der Waals surface area (Å²) < 4.78 is 1.99. The van der Waals surface area contributed by atoms with Gasteiger partial charge in [0, 0.05) is 31.2 Å². The van der Waals surface area contributed by atoms with E-state index in [4.69, 9.17) is 0 Å². The summed E-state index contributed by atoms with van der Waals surface area (Å²) in [6, 6.07) is 0.514. The first-order valence-corrected chi connectivity index (χ1v) is 6.88. The van der Waals surface area contributed by atoms with E-state index in [1.54, 1.807) is 6.20 Å². The Morgan fingerprint density at radius 2 is 2.47 bits per heavy atom. The van der Waals surface area contributed by atoms with E-state index < -0.39 is 0 Å². The molecule has 2 N–H and O–H groups in total. The van der Waals surface area contributed by atoms with Gasteiger partial charge in [0.1, 0.15) is 5.82 Å². The van der Waals surface area contributed by atoms with Crippen molar-refractivity contribution < 1.29 is 0 Å². The highest BCUT2D eigenvalue weighted by atomic mass is 32.2. The number of imidazole rings is 1. The lowest BCUT2D eigenvalue weighted by Gasteiger charge is -2.13. The van der Waals surface area contributed by atoms with Crippen molar-refractivity contribution in [3.8, 4) is 0 Å². The highest BCUT2D eigenvalue weighted by Crippen LogP contribution is 2.23. The molecular formula is C11H15N5S. The van der Waals surface area contributed by atoms with Crippen LogP contribution in [-0.4, -0.2) is 39.0 Å². The predicted octanol–water partition coefficient (Wildman–Crippen LogP) is 1.69. The molecule has 3 heterocycles. The summed E-state index contributed by atoms with van der Waals surface area (Å²) >= 11 is 1.99. The lowest BCUT2D eigenvalue weighted by Crippen LogP contribution is -2.20.